The first-order valence-electron chi connectivity index (χ1n) is 4.66. The Morgan fingerprint density at radius 3 is 3.07 bits per heavy atom. The van der Waals surface area contributed by atoms with Gasteiger partial charge in [-0.25, -0.2) is 0 Å². The molecular formula is C10H14ClNO2. The van der Waals surface area contributed by atoms with Gasteiger partial charge in [0.2, 0.25) is 0 Å². The number of Topliss-reactive ketones (excluding diaryl/α,β-unsaturated/α-hetero) is 1. The monoisotopic (exact) mass is 215 g/mol. The van der Waals surface area contributed by atoms with Gasteiger partial charge in [0, 0.05) is 12.5 Å². The molecule has 3 nitrogen and oxygen atoms in total. The highest BCUT2D eigenvalue weighted by Crippen LogP contribution is 2.12. The molecule has 2 heterocycles. The predicted octanol–water partition coefficient (Wildman–Crippen LogP) is 2.03. The molecule has 0 saturated carbocycles. The molecule has 0 spiro atoms. The Morgan fingerprint density at radius 2 is 2.50 bits per heavy atom. The third-order valence-electron chi connectivity index (χ3n) is 2.39. The summed E-state index contributed by atoms with van der Waals surface area (Å²) in [5.41, 5.74) is 0. The standard InChI is InChI=1S/C10H13NO2.ClH/c12-9(10-4-2-6-13-10)7-8-3-1-5-11-8;/h2,4,6,8,11H,1,3,5,7H2;1H. The first kappa shape index (κ1) is 11.3. The summed E-state index contributed by atoms with van der Waals surface area (Å²) in [5.74, 6) is 0.582. The number of carbonyl (C=O) groups is 1. The molecule has 1 aliphatic rings. The number of carbonyl (C=O) groups excluding carboxylic acids is 1. The molecule has 14 heavy (non-hydrogen) atoms. The van der Waals surface area contributed by atoms with Crippen LogP contribution in [0, 0.1) is 0 Å². The minimum atomic E-state index is 0. The van der Waals surface area contributed by atoms with E-state index in [1.165, 1.54) is 12.7 Å². The molecule has 0 aliphatic carbocycles. The zero-order valence-corrected chi connectivity index (χ0v) is 8.68. The molecule has 0 amide bonds. The van der Waals surface area contributed by atoms with E-state index in [0.29, 0.717) is 18.2 Å². The van der Waals surface area contributed by atoms with Gasteiger partial charge >= 0.3 is 0 Å². The summed E-state index contributed by atoms with van der Waals surface area (Å²) in [6.07, 6.45) is 4.38. The van der Waals surface area contributed by atoms with Crippen molar-refractivity contribution in [2.24, 2.45) is 0 Å². The maximum absolute atomic E-state index is 11.5. The summed E-state index contributed by atoms with van der Waals surface area (Å²) < 4.78 is 5.03. The van der Waals surface area contributed by atoms with Crippen LogP contribution in [-0.2, 0) is 0 Å². The molecule has 1 aromatic rings. The van der Waals surface area contributed by atoms with Crippen molar-refractivity contribution < 1.29 is 9.21 Å². The van der Waals surface area contributed by atoms with Crippen molar-refractivity contribution in [2.75, 3.05) is 6.54 Å². The fourth-order valence-electron chi connectivity index (χ4n) is 1.69. The summed E-state index contributed by atoms with van der Waals surface area (Å²) in [6.45, 7) is 1.04. The van der Waals surface area contributed by atoms with E-state index in [0.717, 1.165) is 13.0 Å². The third kappa shape index (κ3) is 2.59. The summed E-state index contributed by atoms with van der Waals surface area (Å²) in [7, 11) is 0. The summed E-state index contributed by atoms with van der Waals surface area (Å²) in [6, 6.07) is 3.82. The number of halogens is 1. The van der Waals surface area contributed by atoms with Gasteiger partial charge in [-0.15, -0.1) is 12.4 Å². The second-order valence-electron chi connectivity index (χ2n) is 3.40. The molecule has 78 valence electrons. The van der Waals surface area contributed by atoms with E-state index < -0.39 is 0 Å². The highest BCUT2D eigenvalue weighted by Gasteiger charge is 2.19. The topological polar surface area (TPSA) is 42.2 Å². The van der Waals surface area contributed by atoms with Crippen LogP contribution in [0.15, 0.2) is 22.8 Å². The zero-order chi connectivity index (χ0) is 9.10. The Bertz CT molecular complexity index is 278. The van der Waals surface area contributed by atoms with Crippen LogP contribution in [0.25, 0.3) is 0 Å². The van der Waals surface area contributed by atoms with E-state index in [2.05, 4.69) is 5.32 Å². The SMILES string of the molecule is Cl.O=C(CC1CCCN1)c1ccco1. The zero-order valence-electron chi connectivity index (χ0n) is 7.86. The minimum Gasteiger partial charge on any atom is -0.461 e. The first-order chi connectivity index (χ1) is 6.36. The summed E-state index contributed by atoms with van der Waals surface area (Å²) in [5, 5.41) is 3.29. The number of ketones is 1. The van der Waals surface area contributed by atoms with E-state index in [9.17, 15) is 4.79 Å². The lowest BCUT2D eigenvalue weighted by Crippen LogP contribution is -2.24. The molecule has 0 bridgehead atoms. The number of hydrogen-bond donors (Lipinski definition) is 1. The molecule has 1 aromatic heterocycles. The second-order valence-corrected chi connectivity index (χ2v) is 3.40. The van der Waals surface area contributed by atoms with Gasteiger partial charge in [-0.1, -0.05) is 0 Å². The van der Waals surface area contributed by atoms with E-state index in [1.54, 1.807) is 12.1 Å². The highest BCUT2D eigenvalue weighted by molar-refractivity contribution is 5.93. The molecule has 1 aliphatic heterocycles. The second kappa shape index (κ2) is 5.17. The largest absolute Gasteiger partial charge is 0.461 e. The van der Waals surface area contributed by atoms with Gasteiger partial charge in [-0.3, -0.25) is 4.79 Å². The van der Waals surface area contributed by atoms with Crippen molar-refractivity contribution in [3.05, 3.63) is 24.2 Å². The normalized spacial score (nSPS) is 20.4. The Morgan fingerprint density at radius 1 is 1.64 bits per heavy atom. The van der Waals surface area contributed by atoms with Crippen molar-refractivity contribution in [3.63, 3.8) is 0 Å². The van der Waals surface area contributed by atoms with Crippen molar-refractivity contribution in [1.82, 2.24) is 5.32 Å². The molecular weight excluding hydrogens is 202 g/mol. The van der Waals surface area contributed by atoms with Gasteiger partial charge in [0.05, 0.1) is 6.26 Å². The van der Waals surface area contributed by atoms with Crippen LogP contribution in [0.3, 0.4) is 0 Å². The van der Waals surface area contributed by atoms with Gasteiger partial charge in [0.1, 0.15) is 0 Å². The minimum absolute atomic E-state index is 0. The van der Waals surface area contributed by atoms with Crippen LogP contribution in [0.5, 0.6) is 0 Å². The number of furan rings is 1. The van der Waals surface area contributed by atoms with Crippen LogP contribution in [0.1, 0.15) is 29.8 Å². The average molecular weight is 216 g/mol. The quantitative estimate of drug-likeness (QED) is 0.785. The first-order valence-corrected chi connectivity index (χ1v) is 4.66. The Hall–Kier alpha value is -0.800. The van der Waals surface area contributed by atoms with E-state index in [4.69, 9.17) is 4.42 Å². The summed E-state index contributed by atoms with van der Waals surface area (Å²) in [4.78, 5) is 11.5. The average Bonchev–Trinajstić information content (AvgIpc) is 2.74. The molecule has 0 radical (unpaired) electrons. The highest BCUT2D eigenvalue weighted by atomic mass is 35.5. The summed E-state index contributed by atoms with van der Waals surface area (Å²) >= 11 is 0. The van der Waals surface area contributed by atoms with Crippen LogP contribution in [0.2, 0.25) is 0 Å². The maximum atomic E-state index is 11.5. The van der Waals surface area contributed by atoms with Gasteiger partial charge in [0.15, 0.2) is 11.5 Å². The molecule has 0 aromatic carbocycles. The maximum Gasteiger partial charge on any atom is 0.199 e. The molecule has 4 heteroatoms. The number of rotatable bonds is 3. The van der Waals surface area contributed by atoms with Crippen molar-refractivity contribution in [1.29, 1.82) is 0 Å². The van der Waals surface area contributed by atoms with Crippen LogP contribution >= 0.6 is 12.4 Å². The van der Waals surface area contributed by atoms with E-state index in [1.807, 2.05) is 0 Å². The molecule has 1 atom stereocenters. The molecule has 1 N–H and O–H groups in total. The lowest BCUT2D eigenvalue weighted by atomic mass is 10.1. The van der Waals surface area contributed by atoms with Gasteiger partial charge in [0.25, 0.3) is 0 Å². The molecule has 1 fully saturated rings. The Balaban J connectivity index is 0.000000980. The fourth-order valence-corrected chi connectivity index (χ4v) is 1.69. The van der Waals surface area contributed by atoms with Gasteiger partial charge in [-0.2, -0.15) is 0 Å². The number of nitrogens with one attached hydrogen (secondary N) is 1. The lowest BCUT2D eigenvalue weighted by molar-refractivity contribution is 0.0944. The molecule has 1 saturated heterocycles. The van der Waals surface area contributed by atoms with Crippen LogP contribution in [-0.4, -0.2) is 18.4 Å². The van der Waals surface area contributed by atoms with E-state index in [-0.39, 0.29) is 18.2 Å². The van der Waals surface area contributed by atoms with Gasteiger partial charge in [-0.05, 0) is 31.5 Å². The van der Waals surface area contributed by atoms with Crippen molar-refractivity contribution in [2.45, 2.75) is 25.3 Å². The van der Waals surface area contributed by atoms with Crippen LogP contribution < -0.4 is 5.32 Å². The fraction of sp³-hybridized carbons (Fsp3) is 0.500. The Labute approximate surface area is 89.3 Å². The van der Waals surface area contributed by atoms with Crippen molar-refractivity contribution in [3.8, 4) is 0 Å². The number of hydrogen-bond acceptors (Lipinski definition) is 3. The predicted molar refractivity (Wildman–Crippen MR) is 55.9 cm³/mol. The van der Waals surface area contributed by atoms with E-state index >= 15 is 0 Å². The van der Waals surface area contributed by atoms with Crippen molar-refractivity contribution >= 4 is 18.2 Å². The third-order valence-corrected chi connectivity index (χ3v) is 2.39. The molecule has 1 unspecified atom stereocenters. The molecule has 2 rings (SSSR count). The Kier molecular flexibility index (Phi) is 4.17. The van der Waals surface area contributed by atoms with Gasteiger partial charge < -0.3 is 9.73 Å². The van der Waals surface area contributed by atoms with Crippen LogP contribution in [0.4, 0.5) is 0 Å². The smallest absolute Gasteiger partial charge is 0.199 e. The lowest BCUT2D eigenvalue weighted by Gasteiger charge is -2.06.